The quantitative estimate of drug-likeness (QED) is 0.578. The zero-order valence-corrected chi connectivity index (χ0v) is 15.3. The lowest BCUT2D eigenvalue weighted by atomic mass is 9.80. The van der Waals surface area contributed by atoms with Gasteiger partial charge in [-0.05, 0) is 57.8 Å². The minimum atomic E-state index is -0.538. The third-order valence-corrected chi connectivity index (χ3v) is 5.93. The number of rotatable bonds is 6. The third kappa shape index (κ3) is 4.85. The molecule has 3 aliphatic rings. The average molecular weight is 338 g/mol. The number of nitrogens with one attached hydrogen (secondary N) is 1. The fraction of sp³-hybridized carbons (Fsp3) is 0.947. The molecule has 1 heterocycles. The van der Waals surface area contributed by atoms with Gasteiger partial charge in [0.1, 0.15) is 0 Å². The fourth-order valence-electron chi connectivity index (χ4n) is 4.07. The monoisotopic (exact) mass is 337 g/mol. The highest BCUT2D eigenvalue weighted by molar-refractivity contribution is 5.80. The zero-order valence-electron chi connectivity index (χ0n) is 15.3. The van der Waals surface area contributed by atoms with Crippen LogP contribution < -0.4 is 5.32 Å². The highest BCUT2D eigenvalue weighted by Gasteiger charge is 2.34. The zero-order chi connectivity index (χ0) is 16.8. The molecule has 2 N–H and O–H groups in total. The van der Waals surface area contributed by atoms with Gasteiger partial charge in [-0.25, -0.2) is 0 Å². The van der Waals surface area contributed by atoms with Crippen LogP contribution >= 0.6 is 0 Å². The first-order valence-electron chi connectivity index (χ1n) is 10.1. The Bertz CT molecular complexity index is 409. The number of aliphatic imine (C=N–C) groups is 1. The molecule has 0 atom stereocenters. The predicted molar refractivity (Wildman–Crippen MR) is 97.3 cm³/mol. The molecule has 0 bridgehead atoms. The van der Waals surface area contributed by atoms with E-state index in [2.05, 4.69) is 17.1 Å². The van der Waals surface area contributed by atoms with Crippen molar-refractivity contribution in [1.29, 1.82) is 0 Å². The molecule has 0 radical (unpaired) electrons. The Morgan fingerprint density at radius 1 is 1.17 bits per heavy atom. The number of piperidine rings is 1. The van der Waals surface area contributed by atoms with Crippen molar-refractivity contribution in [3.05, 3.63) is 0 Å². The smallest absolute Gasteiger partial charge is 0.194 e. The summed E-state index contributed by atoms with van der Waals surface area (Å²) in [6.45, 7) is 6.47. The molecule has 2 aliphatic carbocycles. The van der Waals surface area contributed by atoms with E-state index in [1.165, 1.54) is 25.7 Å². The largest absolute Gasteiger partial charge is 0.388 e. The van der Waals surface area contributed by atoms with E-state index < -0.39 is 5.60 Å². The number of hydrogen-bond acceptors (Lipinski definition) is 3. The van der Waals surface area contributed by atoms with Crippen LogP contribution in [0, 0.1) is 5.92 Å². The number of guanidine groups is 1. The van der Waals surface area contributed by atoms with Gasteiger partial charge in [0.15, 0.2) is 5.96 Å². The molecule has 0 spiro atoms. The van der Waals surface area contributed by atoms with Crippen LogP contribution in [0.15, 0.2) is 4.99 Å². The Morgan fingerprint density at radius 2 is 1.88 bits per heavy atom. The van der Waals surface area contributed by atoms with Crippen molar-refractivity contribution in [1.82, 2.24) is 10.2 Å². The van der Waals surface area contributed by atoms with Gasteiger partial charge < -0.3 is 20.1 Å². The molecule has 1 saturated heterocycles. The van der Waals surface area contributed by atoms with Crippen molar-refractivity contribution in [2.24, 2.45) is 10.9 Å². The Kier molecular flexibility index (Phi) is 6.39. The lowest BCUT2D eigenvalue weighted by molar-refractivity contribution is -0.0241. The first-order valence-corrected chi connectivity index (χ1v) is 10.1. The molecular formula is C19H35N3O2. The van der Waals surface area contributed by atoms with E-state index in [0.717, 1.165) is 70.2 Å². The molecule has 3 fully saturated rings. The molecule has 0 aromatic rings. The normalized spacial score (nSPS) is 25.8. The van der Waals surface area contributed by atoms with E-state index in [1.54, 1.807) is 0 Å². The molecule has 3 rings (SSSR count). The summed E-state index contributed by atoms with van der Waals surface area (Å²) >= 11 is 0. The molecule has 138 valence electrons. The van der Waals surface area contributed by atoms with Crippen molar-refractivity contribution in [3.8, 4) is 0 Å². The molecule has 5 nitrogen and oxygen atoms in total. The van der Waals surface area contributed by atoms with Crippen LogP contribution in [0.3, 0.4) is 0 Å². The summed E-state index contributed by atoms with van der Waals surface area (Å²) in [4.78, 5) is 7.04. The number of nitrogens with zero attached hydrogens (tertiary/aromatic N) is 2. The van der Waals surface area contributed by atoms with Crippen LogP contribution in [0.5, 0.6) is 0 Å². The van der Waals surface area contributed by atoms with Crippen molar-refractivity contribution < 1.29 is 9.84 Å². The SMILES string of the molecule is CCNC(=NCC1(O)CCC1)N1CCC(OCC2CCCC2)CC1. The van der Waals surface area contributed by atoms with E-state index in [-0.39, 0.29) is 0 Å². The Balaban J connectivity index is 1.43. The van der Waals surface area contributed by atoms with Crippen molar-refractivity contribution in [2.45, 2.75) is 76.4 Å². The first-order chi connectivity index (χ1) is 11.7. The van der Waals surface area contributed by atoms with Crippen LogP contribution in [0.25, 0.3) is 0 Å². The van der Waals surface area contributed by atoms with Crippen LogP contribution in [-0.4, -0.2) is 60.5 Å². The molecule has 0 amide bonds. The second-order valence-corrected chi connectivity index (χ2v) is 7.92. The van der Waals surface area contributed by atoms with E-state index in [0.29, 0.717) is 12.6 Å². The van der Waals surface area contributed by atoms with Crippen LogP contribution in [0.1, 0.15) is 64.7 Å². The van der Waals surface area contributed by atoms with Gasteiger partial charge in [0, 0.05) is 26.2 Å². The summed E-state index contributed by atoms with van der Waals surface area (Å²) in [6.07, 6.45) is 11.0. The van der Waals surface area contributed by atoms with Gasteiger partial charge in [0.05, 0.1) is 18.2 Å². The average Bonchev–Trinajstić information content (AvgIpc) is 3.09. The molecule has 0 aromatic heterocycles. The van der Waals surface area contributed by atoms with E-state index in [4.69, 9.17) is 9.73 Å². The summed E-state index contributed by atoms with van der Waals surface area (Å²) in [5.74, 6) is 1.78. The molecule has 2 saturated carbocycles. The lowest BCUT2D eigenvalue weighted by Crippen LogP contribution is -2.48. The topological polar surface area (TPSA) is 57.1 Å². The van der Waals surface area contributed by atoms with Gasteiger partial charge in [-0.1, -0.05) is 12.8 Å². The van der Waals surface area contributed by atoms with E-state index in [9.17, 15) is 5.11 Å². The number of likely N-dealkylation sites (tertiary alicyclic amines) is 1. The summed E-state index contributed by atoms with van der Waals surface area (Å²) in [7, 11) is 0. The second kappa shape index (κ2) is 8.52. The molecule has 1 aliphatic heterocycles. The van der Waals surface area contributed by atoms with E-state index in [1.807, 2.05) is 0 Å². The van der Waals surface area contributed by atoms with Gasteiger partial charge in [-0.15, -0.1) is 0 Å². The summed E-state index contributed by atoms with van der Waals surface area (Å²) in [5.41, 5.74) is -0.538. The molecule has 24 heavy (non-hydrogen) atoms. The van der Waals surface area contributed by atoms with Crippen LogP contribution in [-0.2, 0) is 4.74 Å². The first kappa shape index (κ1) is 18.0. The van der Waals surface area contributed by atoms with Gasteiger partial charge >= 0.3 is 0 Å². The van der Waals surface area contributed by atoms with Gasteiger partial charge in [0.2, 0.25) is 0 Å². The number of aliphatic hydroxyl groups is 1. The van der Waals surface area contributed by atoms with E-state index >= 15 is 0 Å². The van der Waals surface area contributed by atoms with Crippen LogP contribution in [0.4, 0.5) is 0 Å². The third-order valence-electron chi connectivity index (χ3n) is 5.93. The molecule has 0 unspecified atom stereocenters. The fourth-order valence-corrected chi connectivity index (χ4v) is 4.07. The maximum atomic E-state index is 10.3. The Labute approximate surface area is 146 Å². The van der Waals surface area contributed by atoms with Crippen molar-refractivity contribution in [3.63, 3.8) is 0 Å². The highest BCUT2D eigenvalue weighted by Crippen LogP contribution is 2.31. The van der Waals surface area contributed by atoms with Gasteiger partial charge in [-0.3, -0.25) is 4.99 Å². The standard InChI is InChI=1S/C19H35N3O2/c1-2-20-18(21-15-19(23)10-5-11-19)22-12-8-17(9-13-22)24-14-16-6-3-4-7-16/h16-17,23H,2-15H2,1H3,(H,20,21). The maximum absolute atomic E-state index is 10.3. The number of ether oxygens (including phenoxy) is 1. The minimum Gasteiger partial charge on any atom is -0.388 e. The summed E-state index contributed by atoms with van der Waals surface area (Å²) in [6, 6.07) is 0. The Morgan fingerprint density at radius 3 is 2.46 bits per heavy atom. The molecule has 0 aromatic carbocycles. The molecular weight excluding hydrogens is 302 g/mol. The minimum absolute atomic E-state index is 0.417. The Hall–Kier alpha value is -0.810. The maximum Gasteiger partial charge on any atom is 0.194 e. The molecule has 5 heteroatoms. The second-order valence-electron chi connectivity index (χ2n) is 7.92. The van der Waals surface area contributed by atoms with Crippen LogP contribution in [0.2, 0.25) is 0 Å². The van der Waals surface area contributed by atoms with Gasteiger partial charge in [-0.2, -0.15) is 0 Å². The predicted octanol–water partition coefficient (Wildman–Crippen LogP) is 2.54. The van der Waals surface area contributed by atoms with Crippen molar-refractivity contribution >= 4 is 5.96 Å². The lowest BCUT2D eigenvalue weighted by Gasteiger charge is -2.37. The van der Waals surface area contributed by atoms with Crippen molar-refractivity contribution in [2.75, 3.05) is 32.8 Å². The highest BCUT2D eigenvalue weighted by atomic mass is 16.5. The number of hydrogen-bond donors (Lipinski definition) is 2. The van der Waals surface area contributed by atoms with Gasteiger partial charge in [0.25, 0.3) is 0 Å². The summed E-state index contributed by atoms with van der Waals surface area (Å²) < 4.78 is 6.17. The summed E-state index contributed by atoms with van der Waals surface area (Å²) in [5, 5.41) is 13.7.